The van der Waals surface area contributed by atoms with Crippen LogP contribution in [0.1, 0.15) is 68.1 Å². The SMILES string of the molecule is CC[C@](C)(NCCc1ccc(-n2c(N)c(C(=O)c3ccc(C)cc3F)ccc2=O)cc1)C(=O)OC(C)(C)C. The molecule has 1 aromatic heterocycles. The first kappa shape index (κ1) is 28.8. The molecule has 1 atom stereocenters. The van der Waals surface area contributed by atoms with Crippen LogP contribution in [0.2, 0.25) is 0 Å². The highest BCUT2D eigenvalue weighted by molar-refractivity contribution is 6.11. The molecule has 3 N–H and O–H groups in total. The van der Waals surface area contributed by atoms with Crippen molar-refractivity contribution in [3.63, 3.8) is 0 Å². The van der Waals surface area contributed by atoms with Gasteiger partial charge in [-0.25, -0.2) is 4.39 Å². The lowest BCUT2D eigenvalue weighted by atomic mass is 9.98. The Hall–Kier alpha value is -3.78. The Morgan fingerprint density at radius 3 is 2.21 bits per heavy atom. The number of nitrogens with one attached hydrogen (secondary N) is 1. The Kier molecular flexibility index (Phi) is 8.57. The quantitative estimate of drug-likeness (QED) is 0.311. The van der Waals surface area contributed by atoms with Crippen LogP contribution in [0.3, 0.4) is 0 Å². The van der Waals surface area contributed by atoms with E-state index in [-0.39, 0.29) is 22.9 Å². The molecular weight excluding hydrogens is 485 g/mol. The first-order valence-corrected chi connectivity index (χ1v) is 12.7. The maximum absolute atomic E-state index is 14.4. The van der Waals surface area contributed by atoms with Gasteiger partial charge in [-0.05, 0) is 88.9 Å². The second-order valence-corrected chi connectivity index (χ2v) is 10.6. The number of aromatic nitrogens is 1. The van der Waals surface area contributed by atoms with E-state index in [1.165, 1.54) is 28.8 Å². The topological polar surface area (TPSA) is 103 Å². The van der Waals surface area contributed by atoms with Crippen molar-refractivity contribution in [2.75, 3.05) is 12.3 Å². The molecule has 0 aliphatic rings. The first-order valence-electron chi connectivity index (χ1n) is 12.7. The molecule has 0 amide bonds. The number of rotatable bonds is 9. The molecule has 1 heterocycles. The zero-order chi connectivity index (χ0) is 28.3. The number of aryl methyl sites for hydroxylation is 1. The third-order valence-electron chi connectivity index (χ3n) is 6.42. The molecule has 8 heteroatoms. The molecule has 3 aromatic rings. The maximum atomic E-state index is 14.4. The number of pyridine rings is 1. The summed E-state index contributed by atoms with van der Waals surface area (Å²) in [4.78, 5) is 38.3. The molecule has 0 aliphatic heterocycles. The Labute approximate surface area is 222 Å². The number of benzene rings is 2. The number of halogens is 1. The minimum Gasteiger partial charge on any atom is -0.459 e. The number of nitrogen functional groups attached to an aromatic ring is 1. The fraction of sp³-hybridized carbons (Fsp3) is 0.367. The van der Waals surface area contributed by atoms with Gasteiger partial charge in [0.1, 0.15) is 22.8 Å². The average molecular weight is 522 g/mol. The molecule has 0 spiro atoms. The van der Waals surface area contributed by atoms with Crippen molar-refractivity contribution < 1.29 is 18.7 Å². The number of nitrogens with two attached hydrogens (primary N) is 1. The summed E-state index contributed by atoms with van der Waals surface area (Å²) < 4.78 is 21.2. The third kappa shape index (κ3) is 6.55. The van der Waals surface area contributed by atoms with Gasteiger partial charge in [0.15, 0.2) is 5.78 Å². The van der Waals surface area contributed by atoms with E-state index in [4.69, 9.17) is 10.5 Å². The molecular formula is C30H36FN3O4. The van der Waals surface area contributed by atoms with Crippen LogP contribution in [0.5, 0.6) is 0 Å². The van der Waals surface area contributed by atoms with Gasteiger partial charge in [0.25, 0.3) is 5.56 Å². The molecule has 2 aromatic carbocycles. The first-order chi connectivity index (χ1) is 17.8. The molecule has 202 valence electrons. The van der Waals surface area contributed by atoms with Gasteiger partial charge in [-0.1, -0.05) is 25.1 Å². The fourth-order valence-corrected chi connectivity index (χ4v) is 3.99. The number of ketones is 1. The van der Waals surface area contributed by atoms with E-state index >= 15 is 0 Å². The standard InChI is InChI=1S/C30H36FN3O4/c1-7-30(6,28(37)38-29(3,4)5)33-17-16-20-9-11-21(12-10-20)34-25(35)15-14-23(27(34)32)26(36)22-13-8-19(2)18-24(22)31/h8-15,18,33H,7,16-17,32H2,1-6H3/t30-/m0/s1. The molecule has 38 heavy (non-hydrogen) atoms. The van der Waals surface area contributed by atoms with Crippen molar-refractivity contribution >= 4 is 17.6 Å². The Balaban J connectivity index is 1.77. The molecule has 0 saturated heterocycles. The molecule has 0 aliphatic carbocycles. The molecule has 0 unspecified atom stereocenters. The third-order valence-corrected chi connectivity index (χ3v) is 6.42. The molecule has 0 saturated carbocycles. The number of hydrogen-bond donors (Lipinski definition) is 2. The van der Waals surface area contributed by atoms with Crippen LogP contribution in [0.4, 0.5) is 10.2 Å². The van der Waals surface area contributed by atoms with Crippen LogP contribution >= 0.6 is 0 Å². The lowest BCUT2D eigenvalue weighted by Crippen LogP contribution is -2.52. The van der Waals surface area contributed by atoms with Gasteiger partial charge in [-0.15, -0.1) is 0 Å². The van der Waals surface area contributed by atoms with Gasteiger partial charge in [0, 0.05) is 12.6 Å². The Morgan fingerprint density at radius 2 is 1.63 bits per heavy atom. The van der Waals surface area contributed by atoms with Crippen LogP contribution in [0.15, 0.2) is 59.4 Å². The lowest BCUT2D eigenvalue weighted by Gasteiger charge is -2.31. The van der Waals surface area contributed by atoms with Crippen molar-refractivity contribution in [2.45, 2.75) is 65.5 Å². The van der Waals surface area contributed by atoms with E-state index in [0.717, 1.165) is 5.56 Å². The van der Waals surface area contributed by atoms with Gasteiger partial charge in [0.2, 0.25) is 0 Å². The van der Waals surface area contributed by atoms with Crippen molar-refractivity contribution in [1.82, 2.24) is 9.88 Å². The van der Waals surface area contributed by atoms with Crippen LogP contribution in [0, 0.1) is 12.7 Å². The van der Waals surface area contributed by atoms with Gasteiger partial charge < -0.3 is 15.8 Å². The maximum Gasteiger partial charge on any atom is 0.326 e. The second kappa shape index (κ2) is 11.3. The summed E-state index contributed by atoms with van der Waals surface area (Å²) in [5, 5.41) is 3.31. The summed E-state index contributed by atoms with van der Waals surface area (Å²) in [5.41, 5.74) is 6.55. The fourth-order valence-electron chi connectivity index (χ4n) is 3.99. The number of ether oxygens (including phenoxy) is 1. The van der Waals surface area contributed by atoms with E-state index in [1.807, 2.05) is 46.8 Å². The predicted octanol–water partition coefficient (Wildman–Crippen LogP) is 4.74. The minimum atomic E-state index is -0.807. The predicted molar refractivity (Wildman–Crippen MR) is 147 cm³/mol. The largest absolute Gasteiger partial charge is 0.459 e. The lowest BCUT2D eigenvalue weighted by molar-refractivity contribution is -0.162. The van der Waals surface area contributed by atoms with Crippen LogP contribution in [0.25, 0.3) is 5.69 Å². The summed E-state index contributed by atoms with van der Waals surface area (Å²) in [6.45, 7) is 11.6. The van der Waals surface area contributed by atoms with Crippen LogP contribution < -0.4 is 16.6 Å². The van der Waals surface area contributed by atoms with Crippen molar-refractivity contribution in [2.24, 2.45) is 0 Å². The highest BCUT2D eigenvalue weighted by Gasteiger charge is 2.34. The monoisotopic (exact) mass is 521 g/mol. The smallest absolute Gasteiger partial charge is 0.326 e. The van der Waals surface area contributed by atoms with E-state index in [0.29, 0.717) is 30.6 Å². The average Bonchev–Trinajstić information content (AvgIpc) is 2.83. The van der Waals surface area contributed by atoms with Crippen LogP contribution in [-0.4, -0.2) is 34.0 Å². The van der Waals surface area contributed by atoms with Gasteiger partial charge in [-0.2, -0.15) is 0 Å². The number of esters is 1. The number of anilines is 1. The number of hydrogen-bond acceptors (Lipinski definition) is 6. The van der Waals surface area contributed by atoms with Crippen LogP contribution in [-0.2, 0) is 16.0 Å². The molecule has 7 nitrogen and oxygen atoms in total. The Morgan fingerprint density at radius 1 is 1.00 bits per heavy atom. The van der Waals surface area contributed by atoms with Gasteiger partial charge in [0.05, 0.1) is 16.8 Å². The summed E-state index contributed by atoms with van der Waals surface area (Å²) in [6, 6.07) is 14.1. The molecule has 0 radical (unpaired) electrons. The number of carbonyl (C=O) groups excluding carboxylic acids is 2. The van der Waals surface area contributed by atoms with Crippen molar-refractivity contribution in [3.8, 4) is 5.69 Å². The number of carbonyl (C=O) groups is 2. The molecule has 0 fully saturated rings. The summed E-state index contributed by atoms with van der Waals surface area (Å²) in [5.74, 6) is -1.60. The summed E-state index contributed by atoms with van der Waals surface area (Å²) in [7, 11) is 0. The highest BCUT2D eigenvalue weighted by Crippen LogP contribution is 2.22. The van der Waals surface area contributed by atoms with E-state index < -0.39 is 28.3 Å². The van der Waals surface area contributed by atoms with E-state index in [9.17, 15) is 18.8 Å². The van der Waals surface area contributed by atoms with Crippen molar-refractivity contribution in [3.05, 3.63) is 93.0 Å². The molecule has 0 bridgehead atoms. The molecule has 3 rings (SSSR count). The van der Waals surface area contributed by atoms with E-state index in [2.05, 4.69) is 5.32 Å². The number of nitrogens with zero attached hydrogens (tertiary/aromatic N) is 1. The zero-order valence-corrected chi connectivity index (χ0v) is 22.9. The zero-order valence-electron chi connectivity index (χ0n) is 22.9. The Bertz CT molecular complexity index is 1390. The summed E-state index contributed by atoms with van der Waals surface area (Å²) >= 11 is 0. The second-order valence-electron chi connectivity index (χ2n) is 10.6. The van der Waals surface area contributed by atoms with E-state index in [1.54, 1.807) is 25.1 Å². The normalized spacial score (nSPS) is 13.1. The minimum absolute atomic E-state index is 0.0432. The van der Waals surface area contributed by atoms with Crippen molar-refractivity contribution in [1.29, 1.82) is 0 Å². The summed E-state index contributed by atoms with van der Waals surface area (Å²) in [6.07, 6.45) is 1.21. The van der Waals surface area contributed by atoms with Gasteiger partial charge in [-0.3, -0.25) is 19.0 Å². The van der Waals surface area contributed by atoms with Gasteiger partial charge >= 0.3 is 5.97 Å². The highest BCUT2D eigenvalue weighted by atomic mass is 19.1.